The van der Waals surface area contributed by atoms with Crippen LogP contribution < -0.4 is 0 Å². The summed E-state index contributed by atoms with van der Waals surface area (Å²) in [5.74, 6) is -1.73. The molecule has 0 aromatic rings. The summed E-state index contributed by atoms with van der Waals surface area (Å²) in [5, 5.41) is 118. The molecule has 394 valence electrons. The molecule has 11 N–H and O–H groups in total. The topological polar surface area (TPSA) is 321 Å². The Morgan fingerprint density at radius 3 is 1.91 bits per heavy atom. The van der Waals surface area contributed by atoms with Crippen molar-refractivity contribution < 1.29 is 98.9 Å². The average Bonchev–Trinajstić information content (AvgIpc) is 3.31. The van der Waals surface area contributed by atoms with E-state index < -0.39 is 134 Å². The van der Waals surface area contributed by atoms with E-state index in [2.05, 4.69) is 45.4 Å². The zero-order valence-corrected chi connectivity index (χ0v) is 40.8. The Morgan fingerprint density at radius 1 is 0.652 bits per heavy atom. The molecule has 3 aliphatic heterocycles. The molecule has 3 saturated heterocycles. The molecule has 0 unspecified atom stereocenters. The van der Waals surface area contributed by atoms with Crippen LogP contribution in [0.2, 0.25) is 0 Å². The maximum atomic E-state index is 14.7. The van der Waals surface area contributed by atoms with Gasteiger partial charge in [-0.2, -0.15) is 0 Å². The van der Waals surface area contributed by atoms with E-state index in [0.29, 0.717) is 44.9 Å². The van der Waals surface area contributed by atoms with Crippen molar-refractivity contribution in [2.75, 3.05) is 26.9 Å². The number of aliphatic hydroxyl groups is 11. The summed E-state index contributed by atoms with van der Waals surface area (Å²) in [6.45, 7) is 11.8. The van der Waals surface area contributed by atoms with Gasteiger partial charge in [-0.3, -0.25) is 4.79 Å². The monoisotopic (exact) mass is 987 g/mol. The van der Waals surface area contributed by atoms with E-state index in [-0.39, 0.29) is 46.0 Å². The highest BCUT2D eigenvalue weighted by Gasteiger charge is 2.70. The molecule has 24 atom stereocenters. The summed E-state index contributed by atoms with van der Waals surface area (Å²) in [6, 6.07) is 0. The molecule has 8 aliphatic rings. The quantitative estimate of drug-likeness (QED) is 0.0732. The van der Waals surface area contributed by atoms with E-state index in [4.69, 9.17) is 28.4 Å². The van der Waals surface area contributed by atoms with Gasteiger partial charge in [-0.25, -0.2) is 4.79 Å². The first kappa shape index (κ1) is 53.3. The first-order valence-corrected chi connectivity index (χ1v) is 24.9. The van der Waals surface area contributed by atoms with E-state index >= 15 is 0 Å². The van der Waals surface area contributed by atoms with Crippen LogP contribution in [0.4, 0.5) is 0 Å². The highest BCUT2D eigenvalue weighted by molar-refractivity contribution is 5.79. The fourth-order valence-corrected chi connectivity index (χ4v) is 15.1. The van der Waals surface area contributed by atoms with Crippen LogP contribution in [0.15, 0.2) is 11.6 Å². The molecule has 5 aliphatic carbocycles. The average molecular weight is 987 g/mol. The van der Waals surface area contributed by atoms with Crippen molar-refractivity contribution >= 4 is 11.9 Å². The molecule has 0 aromatic carbocycles. The minimum absolute atomic E-state index is 0.0869. The SMILES string of the molecule is COC(=O)[C@H]1O[C@@H](O[C@H]2[C@@H](O)[C@@H](CO)O[C@@H](O[C@H]3CC[C@@]4(C)[C@@H](CC[C@]5(C)[C@@H]4CC=C4[C@@H]6CC(C)(C)CC[C@]6(C(=O)O[C@@H]6O[C@H](CO)[C@@H](O)[C@H](O)[C@H]6O)CC[C@]45C)[C@]3(C)CO)[C@@H]2O)[C@H](O)[C@@H](O)[C@@H]1O. The van der Waals surface area contributed by atoms with Gasteiger partial charge in [-0.05, 0) is 104 Å². The summed E-state index contributed by atoms with van der Waals surface area (Å²) in [4.78, 5) is 27.1. The molecule has 3 heterocycles. The lowest BCUT2D eigenvalue weighted by atomic mass is 9.33. The molecule has 7 fully saturated rings. The number of esters is 2. The number of hydrogen-bond donors (Lipinski definition) is 11. The lowest BCUT2D eigenvalue weighted by Crippen LogP contribution is -2.68. The summed E-state index contributed by atoms with van der Waals surface area (Å²) in [7, 11) is 1.04. The van der Waals surface area contributed by atoms with Crippen molar-refractivity contribution in [2.24, 2.45) is 50.2 Å². The Balaban J connectivity index is 1.03. The van der Waals surface area contributed by atoms with Crippen molar-refractivity contribution in [1.29, 1.82) is 0 Å². The van der Waals surface area contributed by atoms with Gasteiger partial charge in [0.15, 0.2) is 18.7 Å². The van der Waals surface area contributed by atoms with Gasteiger partial charge in [0, 0.05) is 5.41 Å². The molecule has 69 heavy (non-hydrogen) atoms. The van der Waals surface area contributed by atoms with Crippen molar-refractivity contribution in [3.8, 4) is 0 Å². The molecule has 0 bridgehead atoms. The predicted molar refractivity (Wildman–Crippen MR) is 237 cm³/mol. The number of carbonyl (C=O) groups excluding carboxylic acids is 2. The number of fused-ring (bicyclic) bond motifs is 7. The largest absolute Gasteiger partial charge is 0.467 e. The second kappa shape index (κ2) is 19.1. The van der Waals surface area contributed by atoms with Gasteiger partial charge in [0.25, 0.3) is 0 Å². The van der Waals surface area contributed by atoms with Crippen LogP contribution >= 0.6 is 0 Å². The number of aliphatic hydroxyl groups excluding tert-OH is 11. The minimum atomic E-state index is -1.93. The van der Waals surface area contributed by atoms with Gasteiger partial charge >= 0.3 is 11.9 Å². The summed E-state index contributed by atoms with van der Waals surface area (Å²) >= 11 is 0. The van der Waals surface area contributed by atoms with Crippen LogP contribution in [-0.2, 0) is 42.7 Å². The van der Waals surface area contributed by atoms with E-state index in [1.54, 1.807) is 0 Å². The number of hydrogen-bond acceptors (Lipinski definition) is 20. The third kappa shape index (κ3) is 8.36. The fraction of sp³-hybridized carbons (Fsp3) is 0.918. The molecule has 0 amide bonds. The second-order valence-corrected chi connectivity index (χ2v) is 23.5. The first-order valence-electron chi connectivity index (χ1n) is 24.9. The summed E-state index contributed by atoms with van der Waals surface area (Å²) < 4.78 is 40.2. The second-order valence-electron chi connectivity index (χ2n) is 23.5. The lowest BCUT2D eigenvalue weighted by molar-refractivity contribution is -0.368. The van der Waals surface area contributed by atoms with Gasteiger partial charge in [0.05, 0.1) is 38.4 Å². The van der Waals surface area contributed by atoms with E-state index in [0.717, 1.165) is 26.4 Å². The molecule has 0 radical (unpaired) electrons. The van der Waals surface area contributed by atoms with Gasteiger partial charge in [-0.15, -0.1) is 0 Å². The Morgan fingerprint density at radius 2 is 1.26 bits per heavy atom. The number of methoxy groups -OCH3 is 1. The third-order valence-corrected chi connectivity index (χ3v) is 19.6. The molecule has 20 nitrogen and oxygen atoms in total. The van der Waals surface area contributed by atoms with Crippen LogP contribution in [-0.4, -0.2) is 193 Å². The molecule has 0 aromatic heterocycles. The maximum absolute atomic E-state index is 14.7. The highest BCUT2D eigenvalue weighted by Crippen LogP contribution is 2.76. The number of rotatable bonds is 10. The standard InChI is InChI=1S/C49H78O20/c1-44(2)14-16-49(43(62)69-40-34(58)31(55)29(53)24(19-50)64-40)17-15-47(5)22(23(49)18-44)8-9-27-45(3)12-11-28(46(4,21-52)26(45)10-13-48(27,47)6)66-42-36(60)37(30(54)25(20-51)65-42)67-41-35(59)32(56)33(57)38(68-41)39(61)63-7/h8,23-38,40-42,50-60H,9-21H2,1-7H3/t23-,24+,25+,26+,27+,28-,29+,30-,31-,32-,33-,34+,35+,36+,37-,38-,40-,41+,42-,45-,46-,47+,48+,49-/m0/s1. The zero-order chi connectivity index (χ0) is 50.6. The molecule has 0 spiro atoms. The first-order chi connectivity index (χ1) is 32.3. The van der Waals surface area contributed by atoms with E-state index in [1.807, 2.05) is 6.92 Å². The van der Waals surface area contributed by atoms with Crippen LogP contribution in [0.5, 0.6) is 0 Å². The fourth-order valence-electron chi connectivity index (χ4n) is 15.1. The van der Waals surface area contributed by atoms with Gasteiger partial charge in [-0.1, -0.05) is 53.2 Å². The third-order valence-electron chi connectivity index (χ3n) is 19.6. The minimum Gasteiger partial charge on any atom is -0.467 e. The molecular weight excluding hydrogens is 909 g/mol. The van der Waals surface area contributed by atoms with Crippen molar-refractivity contribution in [3.63, 3.8) is 0 Å². The Bertz CT molecular complexity index is 1920. The smallest absolute Gasteiger partial charge is 0.337 e. The van der Waals surface area contributed by atoms with Crippen LogP contribution in [0, 0.1) is 50.2 Å². The Kier molecular flexibility index (Phi) is 14.7. The Hall–Kier alpha value is -1.96. The summed E-state index contributed by atoms with van der Waals surface area (Å²) in [6.07, 6.45) is -16.9. The number of ether oxygens (including phenoxy) is 7. The number of carbonyl (C=O) groups is 2. The van der Waals surface area contributed by atoms with Crippen molar-refractivity contribution in [2.45, 2.75) is 204 Å². The van der Waals surface area contributed by atoms with Crippen molar-refractivity contribution in [3.05, 3.63) is 11.6 Å². The lowest BCUT2D eigenvalue weighted by Gasteiger charge is -2.71. The predicted octanol–water partition coefficient (Wildman–Crippen LogP) is -0.706. The van der Waals surface area contributed by atoms with Gasteiger partial charge in [0.2, 0.25) is 6.29 Å². The summed E-state index contributed by atoms with van der Waals surface area (Å²) in [5.41, 5.74) is -1.60. The van der Waals surface area contributed by atoms with Crippen LogP contribution in [0.3, 0.4) is 0 Å². The molecule has 4 saturated carbocycles. The highest BCUT2D eigenvalue weighted by atomic mass is 16.7. The van der Waals surface area contributed by atoms with Crippen LogP contribution in [0.25, 0.3) is 0 Å². The molecular formula is C49H78O20. The normalized spacial score (nSPS) is 52.8. The maximum Gasteiger partial charge on any atom is 0.337 e. The van der Waals surface area contributed by atoms with E-state index in [1.165, 1.54) is 5.57 Å². The van der Waals surface area contributed by atoms with Crippen molar-refractivity contribution in [1.82, 2.24) is 0 Å². The van der Waals surface area contributed by atoms with E-state index in [9.17, 15) is 65.8 Å². The molecule has 8 rings (SSSR count). The zero-order valence-electron chi connectivity index (χ0n) is 40.8. The number of allylic oxidation sites excluding steroid dienone is 2. The van der Waals surface area contributed by atoms with Crippen LogP contribution in [0.1, 0.15) is 106 Å². The Labute approximate surface area is 402 Å². The van der Waals surface area contributed by atoms with Gasteiger partial charge in [0.1, 0.15) is 67.1 Å². The van der Waals surface area contributed by atoms with Gasteiger partial charge < -0.3 is 89.3 Å². The molecule has 20 heteroatoms.